The van der Waals surface area contributed by atoms with Crippen LogP contribution >= 0.6 is 0 Å². The van der Waals surface area contributed by atoms with Gasteiger partial charge in [-0.3, -0.25) is 0 Å². The molecule has 1 aromatic rings. The first kappa shape index (κ1) is 15.9. The predicted octanol–water partition coefficient (Wildman–Crippen LogP) is 1.04. The van der Waals surface area contributed by atoms with Gasteiger partial charge in [0, 0.05) is 18.8 Å². The Labute approximate surface area is 114 Å². The lowest BCUT2D eigenvalue weighted by molar-refractivity contribution is 0.199. The van der Waals surface area contributed by atoms with Gasteiger partial charge in [-0.1, -0.05) is 6.07 Å². The fourth-order valence-corrected chi connectivity index (χ4v) is 2.67. The van der Waals surface area contributed by atoms with Crippen molar-refractivity contribution in [2.45, 2.75) is 26.9 Å². The molecule has 0 aliphatic heterocycles. The third-order valence-corrected chi connectivity index (χ3v) is 3.57. The molecule has 6 heteroatoms. The van der Waals surface area contributed by atoms with Gasteiger partial charge in [-0.05, 0) is 44.0 Å². The van der Waals surface area contributed by atoms with E-state index in [2.05, 4.69) is 0 Å². The van der Waals surface area contributed by atoms with Crippen molar-refractivity contribution in [1.29, 1.82) is 0 Å². The molecule has 0 aliphatic carbocycles. The van der Waals surface area contributed by atoms with Crippen LogP contribution < -0.4 is 4.90 Å². The van der Waals surface area contributed by atoms with Crippen LogP contribution in [0.3, 0.4) is 0 Å². The molecule has 0 radical (unpaired) electrons. The zero-order valence-electron chi connectivity index (χ0n) is 11.5. The molecule has 5 nitrogen and oxygen atoms in total. The summed E-state index contributed by atoms with van der Waals surface area (Å²) in [4.78, 5) is 1.86. The van der Waals surface area contributed by atoms with Gasteiger partial charge >= 0.3 is 0 Å². The van der Waals surface area contributed by atoms with Gasteiger partial charge in [-0.25, -0.2) is 8.42 Å². The van der Waals surface area contributed by atoms with Crippen molar-refractivity contribution >= 4 is 15.8 Å². The van der Waals surface area contributed by atoms with Crippen LogP contribution in [0, 0.1) is 13.8 Å². The highest BCUT2D eigenvalue weighted by atomic mass is 32.2. The normalized spacial score (nSPS) is 13.3. The highest BCUT2D eigenvalue weighted by molar-refractivity contribution is 7.85. The Morgan fingerprint density at radius 2 is 1.79 bits per heavy atom. The molecule has 0 aromatic heterocycles. The number of rotatable bonds is 6. The van der Waals surface area contributed by atoms with Crippen molar-refractivity contribution in [3.63, 3.8) is 0 Å². The Kier molecular flexibility index (Phi) is 5.34. The highest BCUT2D eigenvalue weighted by Crippen LogP contribution is 2.19. The van der Waals surface area contributed by atoms with Crippen LogP contribution in [-0.4, -0.2) is 43.0 Å². The number of aliphatic hydroxyl groups excluding tert-OH is 1. The number of aliphatic hydroxyl groups is 1. The summed E-state index contributed by atoms with van der Waals surface area (Å²) in [6, 6.07) is 5.97. The maximum atomic E-state index is 10.6. The second kappa shape index (κ2) is 6.36. The second-order valence-corrected chi connectivity index (χ2v) is 6.21. The number of anilines is 1. The predicted molar refractivity (Wildman–Crippen MR) is 74.4 cm³/mol. The molecule has 1 N–H and O–H groups in total. The molecule has 0 bridgehead atoms. The fraction of sp³-hybridized carbons (Fsp3) is 0.538. The van der Waals surface area contributed by atoms with E-state index in [1.54, 1.807) is 0 Å². The van der Waals surface area contributed by atoms with Gasteiger partial charge in [0.2, 0.25) is 0 Å². The Balaban J connectivity index is 2.83. The molecule has 19 heavy (non-hydrogen) atoms. The van der Waals surface area contributed by atoms with Crippen LogP contribution in [0.1, 0.15) is 18.1 Å². The largest absolute Gasteiger partial charge is 0.748 e. The third-order valence-electron chi connectivity index (χ3n) is 2.78. The zero-order valence-corrected chi connectivity index (χ0v) is 12.3. The molecule has 0 aliphatic rings. The van der Waals surface area contributed by atoms with Crippen molar-refractivity contribution < 1.29 is 18.1 Å². The van der Waals surface area contributed by atoms with E-state index in [1.165, 1.54) is 0 Å². The smallest absolute Gasteiger partial charge is 0.0972 e. The summed E-state index contributed by atoms with van der Waals surface area (Å²) in [6.45, 7) is 6.61. The molecule has 0 amide bonds. The fourth-order valence-electron chi connectivity index (χ4n) is 2.09. The van der Waals surface area contributed by atoms with Crippen molar-refractivity contribution in [3.05, 3.63) is 29.3 Å². The van der Waals surface area contributed by atoms with E-state index in [4.69, 9.17) is 0 Å². The quantitative estimate of drug-likeness (QED) is 0.790. The maximum absolute atomic E-state index is 10.6. The lowest BCUT2D eigenvalue weighted by atomic mass is 10.1. The van der Waals surface area contributed by atoms with E-state index in [0.717, 1.165) is 16.8 Å². The van der Waals surface area contributed by atoms with Crippen LogP contribution in [0.2, 0.25) is 0 Å². The van der Waals surface area contributed by atoms with Crippen molar-refractivity contribution in [3.8, 4) is 0 Å². The summed E-state index contributed by atoms with van der Waals surface area (Å²) in [7, 11) is -4.40. The molecular formula is C13H20NO4S-. The monoisotopic (exact) mass is 286 g/mol. The summed E-state index contributed by atoms with van der Waals surface area (Å²) >= 11 is 0. The first-order valence-corrected chi connectivity index (χ1v) is 7.74. The first-order valence-electron chi connectivity index (χ1n) is 6.16. The topological polar surface area (TPSA) is 80.7 Å². The van der Waals surface area contributed by atoms with Gasteiger partial charge in [0.05, 0.1) is 22.0 Å². The van der Waals surface area contributed by atoms with E-state index in [9.17, 15) is 18.1 Å². The number of hydrogen-bond donors (Lipinski definition) is 1. The van der Waals surface area contributed by atoms with Gasteiger partial charge in [0.25, 0.3) is 0 Å². The molecule has 1 atom stereocenters. The lowest BCUT2D eigenvalue weighted by Crippen LogP contribution is -2.36. The number of likely N-dealkylation sites (N-methyl/N-ethyl adjacent to an activating group) is 1. The zero-order chi connectivity index (χ0) is 14.6. The van der Waals surface area contributed by atoms with Gasteiger partial charge < -0.3 is 14.6 Å². The van der Waals surface area contributed by atoms with Crippen LogP contribution in [0.4, 0.5) is 5.69 Å². The summed E-state index contributed by atoms with van der Waals surface area (Å²) in [5.74, 6) is -0.756. The van der Waals surface area contributed by atoms with E-state index < -0.39 is 22.0 Å². The molecule has 0 saturated heterocycles. The molecule has 0 spiro atoms. The number of aryl methyl sites for hydroxylation is 2. The van der Waals surface area contributed by atoms with Gasteiger partial charge in [0.15, 0.2) is 0 Å². The van der Waals surface area contributed by atoms with Gasteiger partial charge in [-0.15, -0.1) is 0 Å². The lowest BCUT2D eigenvalue weighted by Gasteiger charge is -2.27. The number of hydrogen-bond acceptors (Lipinski definition) is 5. The van der Waals surface area contributed by atoms with Crippen LogP contribution in [0.15, 0.2) is 18.2 Å². The first-order chi connectivity index (χ1) is 8.71. The standard InChI is InChI=1S/C13H21NO4S/c1-4-14(8-13(15)9-19(16,17)18)12-6-10(2)5-11(3)7-12/h5-7,13,15H,4,8-9H2,1-3H3,(H,16,17,18)/p-1. The summed E-state index contributed by atoms with van der Waals surface area (Å²) < 4.78 is 31.9. The summed E-state index contributed by atoms with van der Waals surface area (Å²) in [5.41, 5.74) is 3.11. The average molecular weight is 286 g/mol. The Bertz CT molecular complexity index is 507. The minimum absolute atomic E-state index is 0.126. The summed E-state index contributed by atoms with van der Waals surface area (Å²) in [6.07, 6.45) is -1.18. The molecule has 0 fully saturated rings. The van der Waals surface area contributed by atoms with Crippen molar-refractivity contribution in [1.82, 2.24) is 0 Å². The van der Waals surface area contributed by atoms with Gasteiger partial charge in [0.1, 0.15) is 0 Å². The van der Waals surface area contributed by atoms with Crippen molar-refractivity contribution in [2.24, 2.45) is 0 Å². The molecule has 0 saturated carbocycles. The Morgan fingerprint density at radius 3 is 2.21 bits per heavy atom. The number of nitrogens with zero attached hydrogens (tertiary/aromatic N) is 1. The number of benzene rings is 1. The summed E-state index contributed by atoms with van der Waals surface area (Å²) in [5, 5.41) is 9.67. The Hall–Kier alpha value is -1.11. The average Bonchev–Trinajstić information content (AvgIpc) is 2.21. The highest BCUT2D eigenvalue weighted by Gasteiger charge is 2.14. The second-order valence-electron chi connectivity index (χ2n) is 4.76. The van der Waals surface area contributed by atoms with E-state index in [0.29, 0.717) is 6.54 Å². The van der Waals surface area contributed by atoms with Gasteiger partial charge in [-0.2, -0.15) is 0 Å². The van der Waals surface area contributed by atoms with Crippen molar-refractivity contribution in [2.75, 3.05) is 23.7 Å². The minimum atomic E-state index is -4.40. The van der Waals surface area contributed by atoms with E-state index >= 15 is 0 Å². The molecule has 0 heterocycles. The molecular weight excluding hydrogens is 266 g/mol. The molecule has 108 valence electrons. The Morgan fingerprint density at radius 1 is 1.26 bits per heavy atom. The van der Waals surface area contributed by atoms with Crippen LogP contribution in [0.5, 0.6) is 0 Å². The van der Waals surface area contributed by atoms with Crippen LogP contribution in [0.25, 0.3) is 0 Å². The molecule has 1 aromatic carbocycles. The minimum Gasteiger partial charge on any atom is -0.748 e. The van der Waals surface area contributed by atoms with E-state index in [-0.39, 0.29) is 6.54 Å². The maximum Gasteiger partial charge on any atom is 0.0972 e. The third kappa shape index (κ3) is 5.59. The van der Waals surface area contributed by atoms with E-state index in [1.807, 2.05) is 43.9 Å². The molecule has 1 rings (SSSR count). The SMILES string of the molecule is CCN(CC(O)CS(=O)(=O)[O-])c1cc(C)cc(C)c1. The van der Waals surface area contributed by atoms with Crippen LogP contribution in [-0.2, 0) is 10.1 Å². The molecule has 1 unspecified atom stereocenters.